The van der Waals surface area contributed by atoms with Crippen molar-refractivity contribution in [2.24, 2.45) is 0 Å². The summed E-state index contributed by atoms with van der Waals surface area (Å²) in [5.74, 6) is 0.758. The van der Waals surface area contributed by atoms with Crippen molar-refractivity contribution in [2.45, 2.75) is 13.5 Å². The van der Waals surface area contributed by atoms with Crippen molar-refractivity contribution in [1.29, 1.82) is 0 Å². The van der Waals surface area contributed by atoms with E-state index in [1.165, 1.54) is 11.1 Å². The normalized spacial score (nSPS) is 16.1. The summed E-state index contributed by atoms with van der Waals surface area (Å²) in [6.07, 6.45) is 4.92. The van der Waals surface area contributed by atoms with Gasteiger partial charge in [-0.25, -0.2) is 0 Å². The lowest BCUT2D eigenvalue weighted by atomic mass is 10.1. The molecule has 1 aliphatic rings. The molecule has 0 saturated carbocycles. The van der Waals surface area contributed by atoms with Crippen molar-refractivity contribution >= 4 is 12.0 Å². The molecule has 1 aromatic carbocycles. The number of hydrogen-bond donors (Lipinski definition) is 0. The van der Waals surface area contributed by atoms with Gasteiger partial charge in [0.05, 0.1) is 6.26 Å². The van der Waals surface area contributed by atoms with E-state index in [0.717, 1.165) is 32.7 Å². The minimum absolute atomic E-state index is 0.0527. The van der Waals surface area contributed by atoms with Crippen LogP contribution in [0.5, 0.6) is 0 Å². The van der Waals surface area contributed by atoms with Crippen LogP contribution in [0.15, 0.2) is 53.2 Å². The summed E-state index contributed by atoms with van der Waals surface area (Å²) in [5, 5.41) is 0. The molecule has 2 heterocycles. The number of hydrogen-bond acceptors (Lipinski definition) is 3. The highest BCUT2D eigenvalue weighted by Crippen LogP contribution is 2.13. The number of carbonyl (C=O) groups excluding carboxylic acids is 1. The Morgan fingerprint density at radius 1 is 1.13 bits per heavy atom. The maximum Gasteiger partial charge on any atom is 0.246 e. The van der Waals surface area contributed by atoms with Crippen molar-refractivity contribution in [3.8, 4) is 0 Å². The lowest BCUT2D eigenvalue weighted by Crippen LogP contribution is -2.47. The summed E-state index contributed by atoms with van der Waals surface area (Å²) in [6, 6.07) is 12.1. The number of carbonyl (C=O) groups is 1. The number of piperazine rings is 1. The molecule has 1 aliphatic heterocycles. The van der Waals surface area contributed by atoms with Gasteiger partial charge in [0.25, 0.3) is 0 Å². The highest BCUT2D eigenvalue weighted by atomic mass is 16.3. The number of rotatable bonds is 4. The zero-order valence-electron chi connectivity index (χ0n) is 13.4. The predicted molar refractivity (Wildman–Crippen MR) is 90.8 cm³/mol. The number of aryl methyl sites for hydroxylation is 1. The van der Waals surface area contributed by atoms with Crippen molar-refractivity contribution in [3.63, 3.8) is 0 Å². The topological polar surface area (TPSA) is 36.7 Å². The number of amides is 1. The minimum atomic E-state index is 0.0527. The fourth-order valence-electron chi connectivity index (χ4n) is 2.80. The molecule has 0 spiro atoms. The predicted octanol–water partition coefficient (Wildman–Crippen LogP) is 2.95. The zero-order valence-corrected chi connectivity index (χ0v) is 13.4. The van der Waals surface area contributed by atoms with Crippen LogP contribution in [-0.4, -0.2) is 41.9 Å². The third kappa shape index (κ3) is 4.11. The average Bonchev–Trinajstić information content (AvgIpc) is 3.09. The van der Waals surface area contributed by atoms with Crippen LogP contribution in [0.25, 0.3) is 6.08 Å². The SMILES string of the molecule is Cc1ccccc1CN1CCN(C(=O)/C=C/c2ccco2)CC1. The van der Waals surface area contributed by atoms with E-state index in [1.54, 1.807) is 18.4 Å². The summed E-state index contributed by atoms with van der Waals surface area (Å²) < 4.78 is 5.20. The van der Waals surface area contributed by atoms with Gasteiger partial charge in [0.2, 0.25) is 5.91 Å². The van der Waals surface area contributed by atoms with E-state index in [1.807, 2.05) is 17.0 Å². The molecular formula is C19H22N2O2. The maximum absolute atomic E-state index is 12.2. The van der Waals surface area contributed by atoms with Gasteiger partial charge in [-0.3, -0.25) is 9.69 Å². The molecule has 0 aliphatic carbocycles. The van der Waals surface area contributed by atoms with Gasteiger partial charge in [-0.15, -0.1) is 0 Å². The summed E-state index contributed by atoms with van der Waals surface area (Å²) in [5.41, 5.74) is 2.69. The van der Waals surface area contributed by atoms with Crippen LogP contribution in [0.2, 0.25) is 0 Å². The first kappa shape index (κ1) is 15.6. The Balaban J connectivity index is 1.50. The second-order valence-electron chi connectivity index (χ2n) is 5.88. The molecule has 1 aromatic heterocycles. The second kappa shape index (κ2) is 7.29. The lowest BCUT2D eigenvalue weighted by molar-refractivity contribution is -0.127. The Morgan fingerprint density at radius 2 is 1.91 bits per heavy atom. The third-order valence-corrected chi connectivity index (χ3v) is 4.27. The van der Waals surface area contributed by atoms with E-state index < -0.39 is 0 Å². The minimum Gasteiger partial charge on any atom is -0.465 e. The van der Waals surface area contributed by atoms with Gasteiger partial charge in [0, 0.05) is 38.8 Å². The van der Waals surface area contributed by atoms with Gasteiger partial charge in [0.1, 0.15) is 5.76 Å². The van der Waals surface area contributed by atoms with Crippen LogP contribution in [0.3, 0.4) is 0 Å². The van der Waals surface area contributed by atoms with Crippen LogP contribution in [0, 0.1) is 6.92 Å². The van der Waals surface area contributed by atoms with Gasteiger partial charge in [-0.2, -0.15) is 0 Å². The van der Waals surface area contributed by atoms with E-state index >= 15 is 0 Å². The van der Waals surface area contributed by atoms with Gasteiger partial charge in [0.15, 0.2) is 0 Å². The van der Waals surface area contributed by atoms with E-state index in [4.69, 9.17) is 4.42 Å². The highest BCUT2D eigenvalue weighted by Gasteiger charge is 2.19. The standard InChI is InChI=1S/C19H22N2O2/c1-16-5-2-3-6-17(16)15-20-10-12-21(13-11-20)19(22)9-8-18-7-4-14-23-18/h2-9,14H,10-13,15H2,1H3/b9-8+. The first-order chi connectivity index (χ1) is 11.2. The Labute approximate surface area is 137 Å². The molecule has 3 rings (SSSR count). The molecule has 4 heteroatoms. The fourth-order valence-corrected chi connectivity index (χ4v) is 2.80. The lowest BCUT2D eigenvalue weighted by Gasteiger charge is -2.34. The molecule has 2 aromatic rings. The van der Waals surface area contributed by atoms with Gasteiger partial charge >= 0.3 is 0 Å². The van der Waals surface area contributed by atoms with Crippen molar-refractivity contribution in [2.75, 3.05) is 26.2 Å². The molecule has 120 valence electrons. The smallest absolute Gasteiger partial charge is 0.246 e. The van der Waals surface area contributed by atoms with Crippen LogP contribution in [0.1, 0.15) is 16.9 Å². The fraction of sp³-hybridized carbons (Fsp3) is 0.316. The summed E-state index contributed by atoms with van der Waals surface area (Å²) in [7, 11) is 0. The first-order valence-electron chi connectivity index (χ1n) is 8.00. The molecular weight excluding hydrogens is 288 g/mol. The van der Waals surface area contributed by atoms with Crippen LogP contribution in [-0.2, 0) is 11.3 Å². The molecule has 0 bridgehead atoms. The molecule has 1 saturated heterocycles. The Bertz CT molecular complexity index is 668. The van der Waals surface area contributed by atoms with E-state index in [-0.39, 0.29) is 5.91 Å². The Kier molecular flexibility index (Phi) is 4.93. The van der Waals surface area contributed by atoms with Crippen LogP contribution in [0.4, 0.5) is 0 Å². The Hall–Kier alpha value is -2.33. The number of benzene rings is 1. The highest BCUT2D eigenvalue weighted by molar-refractivity contribution is 5.91. The Morgan fingerprint density at radius 3 is 2.61 bits per heavy atom. The quantitative estimate of drug-likeness (QED) is 0.815. The summed E-state index contributed by atoms with van der Waals surface area (Å²) in [4.78, 5) is 16.5. The van der Waals surface area contributed by atoms with Crippen molar-refractivity contribution in [3.05, 3.63) is 65.6 Å². The first-order valence-corrected chi connectivity index (χ1v) is 8.00. The molecule has 1 fully saturated rings. The molecule has 23 heavy (non-hydrogen) atoms. The third-order valence-electron chi connectivity index (χ3n) is 4.27. The largest absolute Gasteiger partial charge is 0.465 e. The van der Waals surface area contributed by atoms with E-state index in [9.17, 15) is 4.79 Å². The number of furan rings is 1. The average molecular weight is 310 g/mol. The molecule has 4 nitrogen and oxygen atoms in total. The zero-order chi connectivity index (χ0) is 16.1. The van der Waals surface area contributed by atoms with Gasteiger partial charge < -0.3 is 9.32 Å². The second-order valence-corrected chi connectivity index (χ2v) is 5.88. The summed E-state index contributed by atoms with van der Waals surface area (Å²) >= 11 is 0. The van der Waals surface area contributed by atoms with Crippen LogP contribution < -0.4 is 0 Å². The molecule has 0 radical (unpaired) electrons. The van der Waals surface area contributed by atoms with Gasteiger partial charge in [-0.05, 0) is 36.3 Å². The number of nitrogens with zero attached hydrogens (tertiary/aromatic N) is 2. The van der Waals surface area contributed by atoms with Crippen molar-refractivity contribution in [1.82, 2.24) is 9.80 Å². The van der Waals surface area contributed by atoms with Crippen LogP contribution >= 0.6 is 0 Å². The molecule has 0 N–H and O–H groups in total. The van der Waals surface area contributed by atoms with Crippen molar-refractivity contribution < 1.29 is 9.21 Å². The van der Waals surface area contributed by atoms with E-state index in [2.05, 4.69) is 36.1 Å². The molecule has 0 unspecified atom stereocenters. The monoisotopic (exact) mass is 310 g/mol. The van der Waals surface area contributed by atoms with E-state index in [0.29, 0.717) is 5.76 Å². The van der Waals surface area contributed by atoms with Gasteiger partial charge in [-0.1, -0.05) is 24.3 Å². The maximum atomic E-state index is 12.2. The summed E-state index contributed by atoms with van der Waals surface area (Å²) in [6.45, 7) is 6.47. The molecule has 1 amide bonds. The molecule has 0 atom stereocenters.